The highest BCUT2D eigenvalue weighted by Gasteiger charge is 2.24. The minimum Gasteiger partial charge on any atom is -0.305 e. The van der Waals surface area contributed by atoms with Crippen LogP contribution >= 0.6 is 0 Å². The van der Waals surface area contributed by atoms with E-state index in [2.05, 4.69) is 4.72 Å². The van der Waals surface area contributed by atoms with Crippen LogP contribution in [0.15, 0.2) is 41.3 Å². The first-order valence-electron chi connectivity index (χ1n) is 8.47. The first-order valence-corrected chi connectivity index (χ1v) is 9.95. The molecule has 0 spiro atoms. The maximum Gasteiger partial charge on any atom is 0.241 e. The highest BCUT2D eigenvalue weighted by atomic mass is 32.2. The van der Waals surface area contributed by atoms with Crippen molar-refractivity contribution >= 4 is 10.0 Å². The monoisotopic (exact) mass is 360 g/mol. The molecular weight excluding hydrogens is 332 g/mol. The molecule has 0 heterocycles. The minimum absolute atomic E-state index is 0.113. The second kappa shape index (κ2) is 7.68. The van der Waals surface area contributed by atoms with E-state index in [1.54, 1.807) is 0 Å². The third-order valence-electron chi connectivity index (χ3n) is 4.68. The first-order chi connectivity index (χ1) is 11.6. The molecule has 0 fully saturated rings. The predicted molar refractivity (Wildman–Crippen MR) is 104 cm³/mol. The summed E-state index contributed by atoms with van der Waals surface area (Å²) >= 11 is 0. The number of hydrogen-bond donors (Lipinski definition) is 1. The summed E-state index contributed by atoms with van der Waals surface area (Å²) in [4.78, 5) is 2.37. The SMILES string of the molecule is Cc1cccc(C)c1-c1cccc(C)c1S(=O)(=O)NCC(C)N(C)C. The molecule has 5 heteroatoms. The second-order valence-corrected chi connectivity index (χ2v) is 8.59. The Balaban J connectivity index is 2.55. The Kier molecular flexibility index (Phi) is 6.03. The van der Waals surface area contributed by atoms with Crippen molar-refractivity contribution in [3.05, 3.63) is 53.1 Å². The summed E-state index contributed by atoms with van der Waals surface area (Å²) in [6.45, 7) is 8.24. The lowest BCUT2D eigenvalue weighted by Crippen LogP contribution is -2.38. The molecule has 25 heavy (non-hydrogen) atoms. The van der Waals surface area contributed by atoms with Crippen molar-refractivity contribution in [3.8, 4) is 11.1 Å². The van der Waals surface area contributed by atoms with Crippen LogP contribution in [0.2, 0.25) is 0 Å². The zero-order valence-electron chi connectivity index (χ0n) is 15.9. The van der Waals surface area contributed by atoms with Crippen molar-refractivity contribution in [2.75, 3.05) is 20.6 Å². The Morgan fingerprint density at radius 3 is 2.04 bits per heavy atom. The summed E-state index contributed by atoms with van der Waals surface area (Å²) in [6.07, 6.45) is 0. The van der Waals surface area contributed by atoms with E-state index in [0.29, 0.717) is 11.4 Å². The molecule has 0 aliphatic carbocycles. The number of sulfonamides is 1. The average Bonchev–Trinajstić information content (AvgIpc) is 2.52. The van der Waals surface area contributed by atoms with Gasteiger partial charge in [-0.05, 0) is 64.0 Å². The lowest BCUT2D eigenvalue weighted by molar-refractivity contribution is 0.314. The van der Waals surface area contributed by atoms with Crippen molar-refractivity contribution in [2.24, 2.45) is 0 Å². The topological polar surface area (TPSA) is 49.4 Å². The van der Waals surface area contributed by atoms with Crippen LogP contribution in [-0.4, -0.2) is 40.0 Å². The van der Waals surface area contributed by atoms with E-state index in [-0.39, 0.29) is 6.04 Å². The normalized spacial score (nSPS) is 13.2. The lowest BCUT2D eigenvalue weighted by Gasteiger charge is -2.22. The molecule has 0 saturated carbocycles. The Labute approximate surface area is 151 Å². The zero-order valence-corrected chi connectivity index (χ0v) is 16.7. The number of nitrogens with zero attached hydrogens (tertiary/aromatic N) is 1. The van der Waals surface area contributed by atoms with Crippen LogP contribution in [-0.2, 0) is 10.0 Å². The quantitative estimate of drug-likeness (QED) is 0.858. The molecular formula is C20H28N2O2S. The van der Waals surface area contributed by atoms with Gasteiger partial charge in [0.2, 0.25) is 10.0 Å². The fourth-order valence-corrected chi connectivity index (χ4v) is 4.49. The van der Waals surface area contributed by atoms with Gasteiger partial charge < -0.3 is 4.90 Å². The van der Waals surface area contributed by atoms with Crippen molar-refractivity contribution in [1.82, 2.24) is 9.62 Å². The van der Waals surface area contributed by atoms with E-state index in [1.165, 1.54) is 0 Å². The van der Waals surface area contributed by atoms with E-state index in [4.69, 9.17) is 0 Å². The van der Waals surface area contributed by atoms with Crippen LogP contribution in [0.1, 0.15) is 23.6 Å². The maximum atomic E-state index is 13.1. The van der Waals surface area contributed by atoms with Gasteiger partial charge in [-0.15, -0.1) is 0 Å². The van der Waals surface area contributed by atoms with Crippen molar-refractivity contribution in [2.45, 2.75) is 38.6 Å². The Morgan fingerprint density at radius 1 is 0.960 bits per heavy atom. The molecule has 2 aromatic rings. The molecule has 1 N–H and O–H groups in total. The Hall–Kier alpha value is -1.69. The molecule has 0 aliphatic rings. The molecule has 1 atom stereocenters. The molecule has 0 aromatic heterocycles. The largest absolute Gasteiger partial charge is 0.305 e. The molecule has 0 saturated heterocycles. The summed E-state index contributed by atoms with van der Waals surface area (Å²) < 4.78 is 28.9. The van der Waals surface area contributed by atoms with Crippen LogP contribution in [0.5, 0.6) is 0 Å². The number of hydrogen-bond acceptors (Lipinski definition) is 3. The van der Waals surface area contributed by atoms with Gasteiger partial charge in [0.15, 0.2) is 0 Å². The van der Waals surface area contributed by atoms with Gasteiger partial charge in [0.25, 0.3) is 0 Å². The summed E-state index contributed by atoms with van der Waals surface area (Å²) in [5.74, 6) is 0. The van der Waals surface area contributed by atoms with Gasteiger partial charge in [-0.25, -0.2) is 13.1 Å². The molecule has 0 aliphatic heterocycles. The molecule has 2 aromatic carbocycles. The van der Waals surface area contributed by atoms with Crippen LogP contribution < -0.4 is 4.72 Å². The highest BCUT2D eigenvalue weighted by Crippen LogP contribution is 2.34. The van der Waals surface area contributed by atoms with Crippen LogP contribution in [0, 0.1) is 20.8 Å². The van der Waals surface area contributed by atoms with Crippen LogP contribution in [0.3, 0.4) is 0 Å². The number of likely N-dealkylation sites (N-methyl/N-ethyl adjacent to an activating group) is 1. The van der Waals surface area contributed by atoms with Crippen molar-refractivity contribution in [3.63, 3.8) is 0 Å². The third-order valence-corrected chi connectivity index (χ3v) is 6.31. The fourth-order valence-electron chi connectivity index (χ4n) is 2.93. The van der Waals surface area contributed by atoms with E-state index in [0.717, 1.165) is 27.8 Å². The lowest BCUT2D eigenvalue weighted by atomic mass is 9.95. The molecule has 2 rings (SSSR count). The Morgan fingerprint density at radius 2 is 1.48 bits per heavy atom. The van der Waals surface area contributed by atoms with E-state index in [1.807, 2.05) is 83.1 Å². The van der Waals surface area contributed by atoms with Crippen LogP contribution in [0.25, 0.3) is 11.1 Å². The first kappa shape index (κ1) is 19.6. The smallest absolute Gasteiger partial charge is 0.241 e. The molecule has 1 unspecified atom stereocenters. The van der Waals surface area contributed by atoms with E-state index >= 15 is 0 Å². The van der Waals surface area contributed by atoms with Gasteiger partial charge in [-0.2, -0.15) is 0 Å². The van der Waals surface area contributed by atoms with Gasteiger partial charge >= 0.3 is 0 Å². The minimum atomic E-state index is -3.61. The Bertz CT molecular complexity index is 838. The molecule has 136 valence electrons. The molecule has 4 nitrogen and oxygen atoms in total. The van der Waals surface area contributed by atoms with Crippen molar-refractivity contribution < 1.29 is 8.42 Å². The van der Waals surface area contributed by atoms with E-state index < -0.39 is 10.0 Å². The number of rotatable bonds is 6. The summed E-state index contributed by atoms with van der Waals surface area (Å²) in [5, 5.41) is 0. The van der Waals surface area contributed by atoms with Gasteiger partial charge in [0, 0.05) is 18.2 Å². The molecule has 0 radical (unpaired) electrons. The molecule has 0 bridgehead atoms. The fraction of sp³-hybridized carbons (Fsp3) is 0.400. The predicted octanol–water partition coefficient (Wildman–Crippen LogP) is 3.51. The summed E-state index contributed by atoms with van der Waals surface area (Å²) in [5.41, 5.74) is 4.66. The summed E-state index contributed by atoms with van der Waals surface area (Å²) in [6, 6.07) is 11.8. The van der Waals surface area contributed by atoms with Crippen LogP contribution in [0.4, 0.5) is 0 Å². The zero-order chi connectivity index (χ0) is 18.8. The molecule has 0 amide bonds. The average molecular weight is 361 g/mol. The highest BCUT2D eigenvalue weighted by molar-refractivity contribution is 7.89. The standard InChI is InChI=1S/C20H28N2O2S/c1-14-9-7-10-15(2)19(14)18-12-8-11-16(3)20(18)25(23,24)21-13-17(4)22(5)6/h7-12,17,21H,13H2,1-6H3. The van der Waals surface area contributed by atoms with Gasteiger partial charge in [-0.3, -0.25) is 0 Å². The number of aryl methyl sites for hydroxylation is 3. The number of benzene rings is 2. The maximum absolute atomic E-state index is 13.1. The van der Waals surface area contributed by atoms with Gasteiger partial charge in [0.05, 0.1) is 4.90 Å². The third kappa shape index (κ3) is 4.29. The van der Waals surface area contributed by atoms with Gasteiger partial charge in [0.1, 0.15) is 0 Å². The van der Waals surface area contributed by atoms with Gasteiger partial charge in [-0.1, -0.05) is 36.4 Å². The van der Waals surface area contributed by atoms with Crippen molar-refractivity contribution in [1.29, 1.82) is 0 Å². The van der Waals surface area contributed by atoms with E-state index in [9.17, 15) is 8.42 Å². The second-order valence-electron chi connectivity index (χ2n) is 6.88. The summed E-state index contributed by atoms with van der Waals surface area (Å²) in [7, 11) is 0.270. The number of nitrogens with one attached hydrogen (secondary N) is 1.